The number of nitrogens with zero attached hydrogens (tertiary/aromatic N) is 4. The molecule has 0 spiro atoms. The molecule has 1 aliphatic rings. The summed E-state index contributed by atoms with van der Waals surface area (Å²) in [6, 6.07) is 17.7. The summed E-state index contributed by atoms with van der Waals surface area (Å²) in [7, 11) is 0. The van der Waals surface area contributed by atoms with Crippen LogP contribution in [-0.2, 0) is 12.8 Å². The van der Waals surface area contributed by atoms with E-state index in [-0.39, 0.29) is 11.9 Å². The second kappa shape index (κ2) is 8.16. The molecule has 1 amide bonds. The molecule has 1 aromatic heterocycles. The van der Waals surface area contributed by atoms with Gasteiger partial charge in [-0.3, -0.25) is 4.79 Å². The van der Waals surface area contributed by atoms with Crippen molar-refractivity contribution in [1.82, 2.24) is 14.7 Å². The van der Waals surface area contributed by atoms with E-state index in [2.05, 4.69) is 25.1 Å². The number of hydrogen-bond acceptors (Lipinski definition) is 3. The third-order valence-electron chi connectivity index (χ3n) is 6.07. The lowest BCUT2D eigenvalue weighted by atomic mass is 10.0. The van der Waals surface area contributed by atoms with Gasteiger partial charge in [0, 0.05) is 17.8 Å². The first-order valence-corrected chi connectivity index (χ1v) is 10.5. The summed E-state index contributed by atoms with van der Waals surface area (Å²) in [6.07, 6.45) is 2.89. The molecule has 0 saturated heterocycles. The lowest BCUT2D eigenvalue weighted by Crippen LogP contribution is -2.34. The summed E-state index contributed by atoms with van der Waals surface area (Å²) < 4.78 is 1.98. The molecule has 0 saturated carbocycles. The Kier molecular flexibility index (Phi) is 5.41. The number of para-hydroxylation sites is 1. The summed E-state index contributed by atoms with van der Waals surface area (Å²) in [5.74, 6) is -0.0279. The van der Waals surface area contributed by atoms with Gasteiger partial charge < -0.3 is 4.90 Å². The van der Waals surface area contributed by atoms with E-state index >= 15 is 0 Å². The molecule has 0 N–H and O–H groups in total. The molecular formula is C25H26N4O. The summed E-state index contributed by atoms with van der Waals surface area (Å²) in [6.45, 7) is 6.69. The number of nitriles is 1. The molecule has 1 atom stereocenters. The summed E-state index contributed by atoms with van der Waals surface area (Å²) in [4.78, 5) is 15.5. The molecule has 1 heterocycles. The van der Waals surface area contributed by atoms with Crippen LogP contribution in [0.25, 0.3) is 5.69 Å². The number of rotatable bonds is 5. The number of carbonyl (C=O) groups excluding carboxylic acids is 1. The van der Waals surface area contributed by atoms with Crippen molar-refractivity contribution in [2.24, 2.45) is 0 Å². The fourth-order valence-electron chi connectivity index (χ4n) is 4.35. The molecule has 4 rings (SSSR count). The molecule has 0 bridgehead atoms. The maximum Gasteiger partial charge on any atom is 0.275 e. The second-order valence-electron chi connectivity index (χ2n) is 7.83. The number of carbonyl (C=O) groups is 1. The Morgan fingerprint density at radius 1 is 1.20 bits per heavy atom. The highest BCUT2D eigenvalue weighted by molar-refractivity contribution is 5.94. The Morgan fingerprint density at radius 2 is 1.93 bits per heavy atom. The van der Waals surface area contributed by atoms with E-state index in [1.165, 1.54) is 0 Å². The molecule has 1 unspecified atom stereocenters. The van der Waals surface area contributed by atoms with Crippen molar-refractivity contribution >= 4 is 5.91 Å². The standard InChI is InChI=1S/C25H26N4O/c1-4-28(18(3)20-14-12-19(16-26)13-15-20)25(30)24-21-9-7-11-23(21)29(27-24)22-10-6-5-8-17(22)2/h5-6,8,10,12-15,18H,4,7,9,11H2,1-3H3. The van der Waals surface area contributed by atoms with E-state index in [0.29, 0.717) is 17.8 Å². The van der Waals surface area contributed by atoms with Gasteiger partial charge in [0.1, 0.15) is 0 Å². The van der Waals surface area contributed by atoms with E-state index < -0.39 is 0 Å². The van der Waals surface area contributed by atoms with E-state index in [1.807, 2.05) is 47.7 Å². The van der Waals surface area contributed by atoms with Crippen molar-refractivity contribution in [2.45, 2.75) is 46.1 Å². The zero-order valence-corrected chi connectivity index (χ0v) is 17.7. The monoisotopic (exact) mass is 398 g/mol. The largest absolute Gasteiger partial charge is 0.331 e. The Bertz CT molecular complexity index is 1120. The molecule has 0 fully saturated rings. The molecule has 0 aliphatic heterocycles. The molecule has 0 radical (unpaired) electrons. The number of fused-ring (bicyclic) bond motifs is 1. The van der Waals surface area contributed by atoms with Crippen LogP contribution < -0.4 is 0 Å². The van der Waals surface area contributed by atoms with Gasteiger partial charge in [0.25, 0.3) is 5.91 Å². The van der Waals surface area contributed by atoms with Crippen molar-refractivity contribution in [3.63, 3.8) is 0 Å². The van der Waals surface area contributed by atoms with Gasteiger partial charge in [0.05, 0.1) is 23.4 Å². The van der Waals surface area contributed by atoms with Crippen LogP contribution in [0.3, 0.4) is 0 Å². The first-order valence-electron chi connectivity index (χ1n) is 10.5. The highest BCUT2D eigenvalue weighted by Crippen LogP contribution is 2.31. The predicted octanol–water partition coefficient (Wildman–Crippen LogP) is 4.76. The summed E-state index contributed by atoms with van der Waals surface area (Å²) >= 11 is 0. The van der Waals surface area contributed by atoms with Gasteiger partial charge in [0.15, 0.2) is 5.69 Å². The fraction of sp³-hybridized carbons (Fsp3) is 0.320. The Labute approximate surface area is 177 Å². The van der Waals surface area contributed by atoms with Crippen LogP contribution >= 0.6 is 0 Å². The average Bonchev–Trinajstić information content (AvgIpc) is 3.37. The highest BCUT2D eigenvalue weighted by Gasteiger charge is 2.31. The maximum atomic E-state index is 13.6. The van der Waals surface area contributed by atoms with Crippen LogP contribution in [0.15, 0.2) is 48.5 Å². The molecule has 5 nitrogen and oxygen atoms in total. The smallest absolute Gasteiger partial charge is 0.275 e. The lowest BCUT2D eigenvalue weighted by molar-refractivity contribution is 0.0694. The van der Waals surface area contributed by atoms with Crippen LogP contribution in [0.4, 0.5) is 0 Å². The van der Waals surface area contributed by atoms with Crippen molar-refractivity contribution in [3.8, 4) is 11.8 Å². The first kappa shape index (κ1) is 19.9. The number of benzene rings is 2. The van der Waals surface area contributed by atoms with Crippen LogP contribution in [0.1, 0.15) is 64.7 Å². The quantitative estimate of drug-likeness (QED) is 0.622. The summed E-state index contributed by atoms with van der Waals surface area (Å²) in [5, 5.41) is 13.9. The minimum atomic E-state index is -0.101. The third kappa shape index (κ3) is 3.39. The van der Waals surface area contributed by atoms with Crippen LogP contribution in [0.2, 0.25) is 0 Å². The molecule has 2 aromatic carbocycles. The minimum absolute atomic E-state index is 0.0279. The van der Waals surface area contributed by atoms with E-state index in [4.69, 9.17) is 10.4 Å². The minimum Gasteiger partial charge on any atom is -0.331 e. The van der Waals surface area contributed by atoms with Crippen molar-refractivity contribution in [3.05, 3.63) is 82.2 Å². The van der Waals surface area contributed by atoms with Gasteiger partial charge in [-0.1, -0.05) is 30.3 Å². The van der Waals surface area contributed by atoms with E-state index in [9.17, 15) is 4.79 Å². The Morgan fingerprint density at radius 3 is 2.60 bits per heavy atom. The number of aryl methyl sites for hydroxylation is 1. The van der Waals surface area contributed by atoms with Crippen LogP contribution in [0.5, 0.6) is 0 Å². The van der Waals surface area contributed by atoms with Crippen molar-refractivity contribution < 1.29 is 4.79 Å². The third-order valence-corrected chi connectivity index (χ3v) is 6.07. The molecular weight excluding hydrogens is 372 g/mol. The van der Waals surface area contributed by atoms with Gasteiger partial charge in [-0.15, -0.1) is 0 Å². The highest BCUT2D eigenvalue weighted by atomic mass is 16.2. The number of amides is 1. The zero-order valence-electron chi connectivity index (χ0n) is 17.7. The van der Waals surface area contributed by atoms with Gasteiger partial charge in [0.2, 0.25) is 0 Å². The van der Waals surface area contributed by atoms with Gasteiger partial charge in [-0.2, -0.15) is 10.4 Å². The Hall–Kier alpha value is -3.39. The molecule has 1 aliphatic carbocycles. The first-order chi connectivity index (χ1) is 14.5. The normalized spacial score (nSPS) is 13.5. The molecule has 30 heavy (non-hydrogen) atoms. The zero-order chi connectivity index (χ0) is 21.3. The second-order valence-corrected chi connectivity index (χ2v) is 7.83. The Balaban J connectivity index is 1.71. The maximum absolute atomic E-state index is 13.6. The molecule has 5 heteroatoms. The topological polar surface area (TPSA) is 61.9 Å². The van der Waals surface area contributed by atoms with E-state index in [0.717, 1.165) is 47.3 Å². The van der Waals surface area contributed by atoms with Gasteiger partial charge in [-0.05, 0) is 69.4 Å². The average molecular weight is 399 g/mol. The lowest BCUT2D eigenvalue weighted by Gasteiger charge is -2.28. The van der Waals surface area contributed by atoms with Crippen molar-refractivity contribution in [1.29, 1.82) is 5.26 Å². The van der Waals surface area contributed by atoms with Crippen LogP contribution in [0, 0.1) is 18.3 Å². The van der Waals surface area contributed by atoms with Gasteiger partial charge >= 0.3 is 0 Å². The predicted molar refractivity (Wildman–Crippen MR) is 117 cm³/mol. The van der Waals surface area contributed by atoms with Gasteiger partial charge in [-0.25, -0.2) is 4.68 Å². The fourth-order valence-corrected chi connectivity index (χ4v) is 4.35. The SMILES string of the molecule is CCN(C(=O)c1nn(-c2ccccc2C)c2c1CCC2)C(C)c1ccc(C#N)cc1. The summed E-state index contributed by atoms with van der Waals surface area (Å²) in [5.41, 5.74) is 6.65. The molecule has 3 aromatic rings. The van der Waals surface area contributed by atoms with Crippen LogP contribution in [-0.4, -0.2) is 27.1 Å². The number of hydrogen-bond donors (Lipinski definition) is 0. The van der Waals surface area contributed by atoms with Crippen molar-refractivity contribution in [2.75, 3.05) is 6.54 Å². The molecule has 152 valence electrons. The van der Waals surface area contributed by atoms with E-state index in [1.54, 1.807) is 12.1 Å². The number of aromatic nitrogens is 2.